The fourth-order valence-electron chi connectivity index (χ4n) is 18.6. The van der Waals surface area contributed by atoms with Crippen molar-refractivity contribution < 1.29 is 0 Å². The van der Waals surface area contributed by atoms with Crippen LogP contribution in [-0.4, -0.2) is 15.7 Å². The quantitative estimate of drug-likeness (QED) is 0.173. The molecule has 4 heteroatoms. The molecule has 454 valence electrons. The van der Waals surface area contributed by atoms with Gasteiger partial charge in [-0.05, 0) is 173 Å². The summed E-state index contributed by atoms with van der Waals surface area (Å²) in [7, 11) is 0. The van der Waals surface area contributed by atoms with Crippen molar-refractivity contribution in [2.75, 3.05) is 0 Å². The van der Waals surface area contributed by atoms with Gasteiger partial charge in [-0.25, -0.2) is 15.0 Å². The summed E-state index contributed by atoms with van der Waals surface area (Å²) in [5.74, 6) is -0.0685. The molecule has 0 fully saturated rings. The third kappa shape index (κ3) is 7.99. The van der Waals surface area contributed by atoms with Gasteiger partial charge in [-0.1, -0.05) is 285 Å². The molecule has 96 heavy (non-hydrogen) atoms. The third-order valence-electron chi connectivity index (χ3n) is 22.5. The molecule has 8 aliphatic carbocycles. The van der Waals surface area contributed by atoms with E-state index in [0.717, 1.165) is 88.3 Å². The number of nitrogens with zero attached hydrogens (tertiary/aromatic N) is 3. The van der Waals surface area contributed by atoms with Gasteiger partial charge in [-0.2, -0.15) is 0 Å². The first-order valence-electron chi connectivity index (χ1n) is 34.4. The van der Waals surface area contributed by atoms with Gasteiger partial charge in [-0.15, -0.1) is 0 Å². The number of aromatic nitrogens is 2. The predicted molar refractivity (Wildman–Crippen MR) is 392 cm³/mol. The molecule has 2 heterocycles. The molecule has 0 amide bonds. The van der Waals surface area contributed by atoms with E-state index >= 15 is 0 Å². The fourth-order valence-corrected chi connectivity index (χ4v) is 18.6. The summed E-state index contributed by atoms with van der Waals surface area (Å²) in [6, 6.07) is 94.6. The molecule has 0 radical (unpaired) electrons. The second-order valence-electron chi connectivity index (χ2n) is 27.2. The number of nitrogens with one attached hydrogen (secondary N) is 1. The van der Waals surface area contributed by atoms with E-state index < -0.39 is 10.8 Å². The van der Waals surface area contributed by atoms with Crippen LogP contribution in [0.4, 0.5) is 0 Å². The van der Waals surface area contributed by atoms with Gasteiger partial charge in [0.15, 0.2) is 0 Å². The highest BCUT2D eigenvalue weighted by Gasteiger charge is 2.61. The lowest BCUT2D eigenvalue weighted by molar-refractivity contribution is 0.580. The van der Waals surface area contributed by atoms with Crippen molar-refractivity contribution >= 4 is 33.5 Å². The van der Waals surface area contributed by atoms with Gasteiger partial charge in [0, 0.05) is 28.9 Å². The lowest BCUT2D eigenvalue weighted by Gasteiger charge is -2.52. The van der Waals surface area contributed by atoms with Crippen molar-refractivity contribution in [3.8, 4) is 33.6 Å². The number of fused-ring (bicyclic) bond motifs is 19. The van der Waals surface area contributed by atoms with Gasteiger partial charge in [0.2, 0.25) is 0 Å². The molecular formula is C92H66N4. The summed E-state index contributed by atoms with van der Waals surface area (Å²) in [5.41, 5.74) is 35.9. The Kier molecular flexibility index (Phi) is 12.4. The molecule has 9 aliphatic rings. The zero-order valence-corrected chi connectivity index (χ0v) is 53.1. The molecule has 0 saturated carbocycles. The van der Waals surface area contributed by atoms with Crippen LogP contribution in [0.5, 0.6) is 0 Å². The molecule has 1 aromatic heterocycles. The van der Waals surface area contributed by atoms with E-state index in [-0.39, 0.29) is 23.8 Å². The highest BCUT2D eigenvalue weighted by molar-refractivity contribution is 6.07. The Morgan fingerprint density at radius 3 is 1.74 bits per heavy atom. The molecule has 1 N–H and O–H groups in total. The standard InChI is InChI=1S/C92H66N4/c1-5-25-57(26-6-1)87-89(59-29-9-3-10-30-59)95-83-55-63(47-51-81(83)93-87)85-69-37-13-14-38-70(69)86(64-48-52-82-84(56-64)96-90(60-31-11-4-12-32-60)88(94-82)58-27-7-2-8-28-58)72-53-61(45-49-71(72)85)62-46-50-79-80(54-62)92(75-41-21-17-35-67(75)68-36-18-22-42-76(68)92)78-44-24-23-43-77(78)91(79)73-39-19-15-33-65(73)66-34-16-20-40-74(66)91/h1-21,25-41,43-46,48-56,63,72,86-87,93H,22-24,42,47H2. The highest BCUT2D eigenvalue weighted by Crippen LogP contribution is 2.70. The minimum absolute atomic E-state index is 0.0449. The molecule has 2 spiro atoms. The normalized spacial score (nSPS) is 21.8. The van der Waals surface area contributed by atoms with Gasteiger partial charge < -0.3 is 5.32 Å². The third-order valence-corrected chi connectivity index (χ3v) is 22.5. The van der Waals surface area contributed by atoms with E-state index in [2.05, 4.69) is 315 Å². The molecule has 0 saturated heterocycles. The SMILES string of the molecule is C1=CC2=C(CC1)C1(C3=CCCC=C3C3(c4ccccc4-c4ccccc43)c3ccc(C4=CC5C(=C(C6C=C7N=C(c8ccccc8)C(c8ccccc8)NC7=CC6)c6ccccc6C5c5ccc6nc(-c7ccccc7)c(-c7ccccc7)nc6c5)C=C4)cc31)c1ccccc12. The number of hydrogen-bond donors (Lipinski definition) is 1. The Hall–Kier alpha value is -11.3. The van der Waals surface area contributed by atoms with Crippen LogP contribution in [-0.2, 0) is 10.8 Å². The molecule has 1 aliphatic heterocycles. The van der Waals surface area contributed by atoms with Gasteiger partial charge >= 0.3 is 0 Å². The summed E-state index contributed by atoms with van der Waals surface area (Å²) in [6.45, 7) is 0. The van der Waals surface area contributed by atoms with Crippen molar-refractivity contribution in [3.05, 3.63) is 410 Å². The Bertz CT molecular complexity index is 5430. The summed E-state index contributed by atoms with van der Waals surface area (Å²) < 4.78 is 0. The monoisotopic (exact) mass is 1230 g/mol. The van der Waals surface area contributed by atoms with Crippen LogP contribution in [0.2, 0.25) is 0 Å². The maximum absolute atomic E-state index is 5.68. The summed E-state index contributed by atoms with van der Waals surface area (Å²) in [6.07, 6.45) is 27.6. The summed E-state index contributed by atoms with van der Waals surface area (Å²) in [4.78, 5) is 16.8. The predicted octanol–water partition coefficient (Wildman–Crippen LogP) is 21.1. The van der Waals surface area contributed by atoms with Crippen LogP contribution >= 0.6 is 0 Å². The highest BCUT2D eigenvalue weighted by atomic mass is 15.0. The van der Waals surface area contributed by atoms with Crippen molar-refractivity contribution in [2.24, 2.45) is 16.8 Å². The Labute approximate surface area is 560 Å². The van der Waals surface area contributed by atoms with Crippen molar-refractivity contribution in [3.63, 3.8) is 0 Å². The maximum atomic E-state index is 5.68. The van der Waals surface area contributed by atoms with Gasteiger partial charge in [0.1, 0.15) is 0 Å². The molecule has 20 rings (SSSR count). The fraction of sp³-hybridized carbons (Fsp3) is 0.120. The molecule has 5 atom stereocenters. The first kappa shape index (κ1) is 55.2. The van der Waals surface area contributed by atoms with Gasteiger partial charge in [0.05, 0.1) is 56.4 Å². The largest absolute Gasteiger partial charge is 0.371 e. The van der Waals surface area contributed by atoms with E-state index in [1.165, 1.54) is 106 Å². The number of allylic oxidation sites excluding steroid dienone is 16. The Morgan fingerprint density at radius 1 is 0.427 bits per heavy atom. The Balaban J connectivity index is 0.811. The van der Waals surface area contributed by atoms with E-state index in [4.69, 9.17) is 15.0 Å². The van der Waals surface area contributed by atoms with Crippen LogP contribution in [0.15, 0.2) is 348 Å². The molecule has 0 bridgehead atoms. The van der Waals surface area contributed by atoms with Crippen LogP contribution in [0.3, 0.4) is 0 Å². The van der Waals surface area contributed by atoms with Crippen molar-refractivity contribution in [1.29, 1.82) is 0 Å². The first-order chi connectivity index (χ1) is 47.6. The second kappa shape index (κ2) is 21.6. The number of hydrogen-bond acceptors (Lipinski definition) is 4. The summed E-state index contributed by atoms with van der Waals surface area (Å²) in [5, 5.41) is 4.01. The van der Waals surface area contributed by atoms with Crippen LogP contribution in [0, 0.1) is 11.8 Å². The molecule has 11 aromatic rings. The zero-order valence-electron chi connectivity index (χ0n) is 53.1. The first-order valence-corrected chi connectivity index (χ1v) is 34.4. The topological polar surface area (TPSA) is 50.2 Å². The average Bonchev–Trinajstić information content (AvgIpc) is 1.45. The van der Waals surface area contributed by atoms with Gasteiger partial charge in [-0.3, -0.25) is 0 Å². The molecule has 5 unspecified atom stereocenters. The van der Waals surface area contributed by atoms with Crippen molar-refractivity contribution in [1.82, 2.24) is 15.3 Å². The average molecular weight is 1230 g/mol. The molecule has 4 nitrogen and oxygen atoms in total. The van der Waals surface area contributed by atoms with Gasteiger partial charge in [0.25, 0.3) is 0 Å². The van der Waals surface area contributed by atoms with Crippen LogP contribution < -0.4 is 5.32 Å². The van der Waals surface area contributed by atoms with E-state index in [1.807, 2.05) is 0 Å². The number of benzene rings is 10. The lowest BCUT2D eigenvalue weighted by atomic mass is 9.49. The maximum Gasteiger partial charge on any atom is 0.0973 e. The second-order valence-corrected chi connectivity index (χ2v) is 27.2. The van der Waals surface area contributed by atoms with E-state index in [9.17, 15) is 0 Å². The van der Waals surface area contributed by atoms with Crippen molar-refractivity contribution in [2.45, 2.75) is 54.9 Å². The summed E-state index contributed by atoms with van der Waals surface area (Å²) >= 11 is 0. The number of rotatable bonds is 7. The minimum Gasteiger partial charge on any atom is -0.371 e. The zero-order chi connectivity index (χ0) is 63.1. The molecular weight excluding hydrogens is 1160 g/mol. The van der Waals surface area contributed by atoms with Crippen LogP contribution in [0.1, 0.15) is 111 Å². The molecule has 10 aromatic carbocycles. The van der Waals surface area contributed by atoms with E-state index in [1.54, 1.807) is 5.57 Å². The van der Waals surface area contributed by atoms with E-state index in [0.29, 0.717) is 0 Å². The smallest absolute Gasteiger partial charge is 0.0973 e. The lowest BCUT2D eigenvalue weighted by Crippen LogP contribution is -2.46. The number of aliphatic imine (C=N–C) groups is 1. The Morgan fingerprint density at radius 2 is 1.03 bits per heavy atom. The van der Waals surface area contributed by atoms with Crippen LogP contribution in [0.25, 0.3) is 61.4 Å². The minimum atomic E-state index is -0.507.